The lowest BCUT2D eigenvalue weighted by atomic mass is 10.0. The Hall–Kier alpha value is -1.71. The summed E-state index contributed by atoms with van der Waals surface area (Å²) in [6.07, 6.45) is 0.736. The summed E-state index contributed by atoms with van der Waals surface area (Å²) in [7, 11) is 0. The van der Waals surface area contributed by atoms with E-state index in [9.17, 15) is 4.79 Å². The van der Waals surface area contributed by atoms with E-state index in [1.165, 1.54) is 0 Å². The molecule has 4 heteroatoms. The molecule has 0 saturated heterocycles. The van der Waals surface area contributed by atoms with Gasteiger partial charge in [0, 0.05) is 18.3 Å². The molecule has 0 bridgehead atoms. The Bertz CT molecular complexity index is 478. The Morgan fingerprint density at radius 1 is 1.23 bits per heavy atom. The quantitative estimate of drug-likeness (QED) is 0.810. The van der Waals surface area contributed by atoms with Crippen LogP contribution in [-0.2, 0) is 11.3 Å². The van der Waals surface area contributed by atoms with Crippen molar-refractivity contribution < 1.29 is 9.53 Å². The summed E-state index contributed by atoms with van der Waals surface area (Å²) in [6, 6.07) is 8.53. The average Bonchev–Trinajstić information content (AvgIpc) is 2.33. The molecule has 1 aromatic carbocycles. The van der Waals surface area contributed by atoms with Crippen LogP contribution in [-0.4, -0.2) is 17.7 Å². The highest BCUT2D eigenvalue weighted by atomic mass is 16.6. The van der Waals surface area contributed by atoms with Crippen LogP contribution in [0, 0.1) is 5.92 Å². The highest BCUT2D eigenvalue weighted by Gasteiger charge is 2.15. The van der Waals surface area contributed by atoms with Crippen LogP contribution in [0.3, 0.4) is 0 Å². The van der Waals surface area contributed by atoms with Gasteiger partial charge < -0.3 is 15.4 Å². The minimum Gasteiger partial charge on any atom is -0.444 e. The zero-order valence-corrected chi connectivity index (χ0v) is 14.7. The number of carbonyl (C=O) groups is 1. The highest BCUT2D eigenvalue weighted by Crippen LogP contribution is 2.15. The second-order valence-electron chi connectivity index (χ2n) is 7.23. The van der Waals surface area contributed by atoms with E-state index < -0.39 is 5.60 Å². The van der Waals surface area contributed by atoms with Gasteiger partial charge in [-0.3, -0.25) is 0 Å². The lowest BCUT2D eigenvalue weighted by Crippen LogP contribution is -2.32. The van der Waals surface area contributed by atoms with Gasteiger partial charge in [0.25, 0.3) is 0 Å². The molecule has 1 unspecified atom stereocenters. The van der Waals surface area contributed by atoms with Crippen LogP contribution in [0.25, 0.3) is 0 Å². The first-order chi connectivity index (χ1) is 10.2. The van der Waals surface area contributed by atoms with Gasteiger partial charge in [0.2, 0.25) is 0 Å². The van der Waals surface area contributed by atoms with Gasteiger partial charge in [0.1, 0.15) is 5.60 Å². The number of benzene rings is 1. The molecule has 0 aliphatic rings. The SMILES string of the molecule is CC(C)CC(C)Nc1cccc(CNC(=O)OC(C)(C)C)c1. The molecule has 0 aliphatic heterocycles. The van der Waals surface area contributed by atoms with Gasteiger partial charge in [-0.1, -0.05) is 26.0 Å². The van der Waals surface area contributed by atoms with E-state index in [4.69, 9.17) is 4.74 Å². The zero-order valence-electron chi connectivity index (χ0n) is 14.7. The molecule has 1 rings (SSSR count). The van der Waals surface area contributed by atoms with Gasteiger partial charge in [-0.25, -0.2) is 4.79 Å². The molecule has 0 radical (unpaired) electrons. The Morgan fingerprint density at radius 2 is 1.91 bits per heavy atom. The molecular formula is C18H30N2O2. The number of anilines is 1. The fourth-order valence-corrected chi connectivity index (χ4v) is 2.31. The Balaban J connectivity index is 2.52. The molecule has 0 aliphatic carbocycles. The first-order valence-electron chi connectivity index (χ1n) is 7.98. The van der Waals surface area contributed by atoms with Gasteiger partial charge in [0.05, 0.1) is 0 Å². The van der Waals surface area contributed by atoms with E-state index in [0.29, 0.717) is 18.5 Å². The van der Waals surface area contributed by atoms with Crippen molar-refractivity contribution in [3.8, 4) is 0 Å². The molecule has 124 valence electrons. The largest absolute Gasteiger partial charge is 0.444 e. The average molecular weight is 306 g/mol. The van der Waals surface area contributed by atoms with E-state index in [-0.39, 0.29) is 6.09 Å². The summed E-state index contributed by atoms with van der Waals surface area (Å²) in [6.45, 7) is 12.7. The smallest absolute Gasteiger partial charge is 0.407 e. The van der Waals surface area contributed by atoms with E-state index in [1.54, 1.807) is 0 Å². The maximum absolute atomic E-state index is 11.7. The molecule has 22 heavy (non-hydrogen) atoms. The lowest BCUT2D eigenvalue weighted by molar-refractivity contribution is 0.0523. The molecular weight excluding hydrogens is 276 g/mol. The molecule has 0 heterocycles. The third-order valence-corrected chi connectivity index (χ3v) is 3.00. The molecule has 1 amide bonds. The summed E-state index contributed by atoms with van der Waals surface area (Å²) in [4.78, 5) is 11.7. The van der Waals surface area contributed by atoms with Crippen LogP contribution in [0.5, 0.6) is 0 Å². The summed E-state index contributed by atoms with van der Waals surface area (Å²) in [5.41, 5.74) is 1.66. The molecule has 0 fully saturated rings. The maximum Gasteiger partial charge on any atom is 0.407 e. The van der Waals surface area contributed by atoms with Gasteiger partial charge in [-0.2, -0.15) is 0 Å². The topological polar surface area (TPSA) is 50.4 Å². The fraction of sp³-hybridized carbons (Fsp3) is 0.611. The van der Waals surface area contributed by atoms with Gasteiger partial charge >= 0.3 is 6.09 Å². The zero-order chi connectivity index (χ0) is 16.8. The van der Waals surface area contributed by atoms with E-state index >= 15 is 0 Å². The minimum atomic E-state index is -0.472. The first kappa shape index (κ1) is 18.3. The van der Waals surface area contributed by atoms with E-state index in [2.05, 4.69) is 37.5 Å². The van der Waals surface area contributed by atoms with Gasteiger partial charge in [0.15, 0.2) is 0 Å². The van der Waals surface area contributed by atoms with Crippen molar-refractivity contribution in [3.63, 3.8) is 0 Å². The van der Waals surface area contributed by atoms with E-state index in [1.807, 2.05) is 39.0 Å². The van der Waals surface area contributed by atoms with Crippen LogP contribution >= 0.6 is 0 Å². The summed E-state index contributed by atoms with van der Waals surface area (Å²) >= 11 is 0. The molecule has 2 N–H and O–H groups in total. The molecule has 0 saturated carbocycles. The molecule has 0 aromatic heterocycles. The molecule has 1 atom stereocenters. The van der Waals surface area contributed by atoms with Crippen LogP contribution in [0.4, 0.5) is 10.5 Å². The van der Waals surface area contributed by atoms with Crippen LogP contribution < -0.4 is 10.6 Å². The standard InChI is InChI=1S/C18H30N2O2/c1-13(2)10-14(3)20-16-9-7-8-15(11-16)12-19-17(21)22-18(4,5)6/h7-9,11,13-14,20H,10,12H2,1-6H3,(H,19,21). The number of amides is 1. The number of carbonyl (C=O) groups excluding carboxylic acids is 1. The van der Waals surface area contributed by atoms with Crippen molar-refractivity contribution in [1.29, 1.82) is 0 Å². The van der Waals surface area contributed by atoms with Crippen molar-refractivity contribution in [3.05, 3.63) is 29.8 Å². The summed E-state index contributed by atoms with van der Waals surface area (Å²) in [5.74, 6) is 0.666. The molecule has 4 nitrogen and oxygen atoms in total. The lowest BCUT2D eigenvalue weighted by Gasteiger charge is -2.20. The second-order valence-corrected chi connectivity index (χ2v) is 7.23. The van der Waals surface area contributed by atoms with Gasteiger partial charge in [-0.05, 0) is 57.7 Å². The predicted molar refractivity (Wildman–Crippen MR) is 92.1 cm³/mol. The van der Waals surface area contributed by atoms with Crippen molar-refractivity contribution in [1.82, 2.24) is 5.32 Å². The number of hydrogen-bond acceptors (Lipinski definition) is 3. The Morgan fingerprint density at radius 3 is 2.50 bits per heavy atom. The third-order valence-electron chi connectivity index (χ3n) is 3.00. The Kier molecular flexibility index (Phi) is 6.72. The van der Waals surface area contributed by atoms with Gasteiger partial charge in [-0.15, -0.1) is 0 Å². The van der Waals surface area contributed by atoms with Crippen molar-refractivity contribution in [2.45, 2.75) is 66.2 Å². The predicted octanol–water partition coefficient (Wildman–Crippen LogP) is 4.56. The first-order valence-corrected chi connectivity index (χ1v) is 7.98. The maximum atomic E-state index is 11.7. The van der Waals surface area contributed by atoms with E-state index in [0.717, 1.165) is 17.7 Å². The van der Waals surface area contributed by atoms with Crippen molar-refractivity contribution in [2.24, 2.45) is 5.92 Å². The Labute approximate surface area is 134 Å². The summed E-state index contributed by atoms with van der Waals surface area (Å²) in [5, 5.41) is 6.27. The number of hydrogen-bond donors (Lipinski definition) is 2. The number of alkyl carbamates (subject to hydrolysis) is 1. The molecule has 1 aromatic rings. The number of rotatable bonds is 6. The van der Waals surface area contributed by atoms with Crippen molar-refractivity contribution in [2.75, 3.05) is 5.32 Å². The normalized spacial score (nSPS) is 12.9. The van der Waals surface area contributed by atoms with Crippen LogP contribution in [0.1, 0.15) is 53.5 Å². The minimum absolute atomic E-state index is 0.390. The number of nitrogens with one attached hydrogen (secondary N) is 2. The van der Waals surface area contributed by atoms with Crippen LogP contribution in [0.15, 0.2) is 24.3 Å². The molecule has 0 spiro atoms. The third kappa shape index (κ3) is 7.91. The monoisotopic (exact) mass is 306 g/mol. The van der Waals surface area contributed by atoms with Crippen molar-refractivity contribution >= 4 is 11.8 Å². The summed E-state index contributed by atoms with van der Waals surface area (Å²) < 4.78 is 5.23. The number of ether oxygens (including phenoxy) is 1. The highest BCUT2D eigenvalue weighted by molar-refractivity contribution is 5.67. The second kappa shape index (κ2) is 8.06. The van der Waals surface area contributed by atoms with Crippen LogP contribution in [0.2, 0.25) is 0 Å². The fourth-order valence-electron chi connectivity index (χ4n) is 2.31.